The fourth-order valence-electron chi connectivity index (χ4n) is 2.49. The molecule has 0 saturated carbocycles. The zero-order valence-electron chi connectivity index (χ0n) is 14.7. The SMILES string of the molecule is Cc1ccc(C)c(C(=O)OC(CCN(C)C)c2ccc(Cl)cc2)c1. The van der Waals surface area contributed by atoms with Crippen molar-refractivity contribution in [2.45, 2.75) is 26.4 Å². The molecule has 0 aliphatic carbocycles. The zero-order valence-corrected chi connectivity index (χ0v) is 15.4. The summed E-state index contributed by atoms with van der Waals surface area (Å²) in [4.78, 5) is 14.7. The second-order valence-corrected chi connectivity index (χ2v) is 6.79. The largest absolute Gasteiger partial charge is 0.454 e. The summed E-state index contributed by atoms with van der Waals surface area (Å²) in [7, 11) is 4.01. The van der Waals surface area contributed by atoms with Crippen LogP contribution in [0.4, 0.5) is 0 Å². The first kappa shape index (κ1) is 18.5. The summed E-state index contributed by atoms with van der Waals surface area (Å²) < 4.78 is 5.84. The van der Waals surface area contributed by atoms with E-state index in [1.165, 1.54) is 0 Å². The fraction of sp³-hybridized carbons (Fsp3) is 0.350. The van der Waals surface area contributed by atoms with Crippen LogP contribution >= 0.6 is 11.6 Å². The Morgan fingerprint density at radius 3 is 2.42 bits per heavy atom. The summed E-state index contributed by atoms with van der Waals surface area (Å²) >= 11 is 5.97. The summed E-state index contributed by atoms with van der Waals surface area (Å²) in [6.07, 6.45) is 0.433. The van der Waals surface area contributed by atoms with Gasteiger partial charge in [0.25, 0.3) is 0 Å². The summed E-state index contributed by atoms with van der Waals surface area (Å²) in [6.45, 7) is 4.72. The second kappa shape index (κ2) is 8.32. The highest BCUT2D eigenvalue weighted by Gasteiger charge is 2.19. The van der Waals surface area contributed by atoms with Gasteiger partial charge in [-0.3, -0.25) is 0 Å². The Labute approximate surface area is 149 Å². The first-order valence-corrected chi connectivity index (χ1v) is 8.43. The number of rotatable bonds is 6. The number of benzene rings is 2. The quantitative estimate of drug-likeness (QED) is 0.704. The normalized spacial score (nSPS) is 12.2. The maximum Gasteiger partial charge on any atom is 0.339 e. The Morgan fingerprint density at radius 2 is 1.79 bits per heavy atom. The van der Waals surface area contributed by atoms with Gasteiger partial charge in [0.1, 0.15) is 6.10 Å². The minimum absolute atomic E-state index is 0.282. The number of halogens is 1. The van der Waals surface area contributed by atoms with Crippen LogP contribution in [0.1, 0.15) is 39.6 Å². The second-order valence-electron chi connectivity index (χ2n) is 6.36. The summed E-state index contributed by atoms with van der Waals surface area (Å²) in [6, 6.07) is 13.3. The van der Waals surface area contributed by atoms with E-state index < -0.39 is 0 Å². The highest BCUT2D eigenvalue weighted by Crippen LogP contribution is 2.25. The molecule has 0 radical (unpaired) electrons. The van der Waals surface area contributed by atoms with Gasteiger partial charge in [-0.15, -0.1) is 0 Å². The van der Waals surface area contributed by atoms with Gasteiger partial charge in [0.15, 0.2) is 0 Å². The first-order valence-electron chi connectivity index (χ1n) is 8.05. The van der Waals surface area contributed by atoms with Crippen LogP contribution in [-0.4, -0.2) is 31.5 Å². The molecular weight excluding hydrogens is 322 g/mol. The van der Waals surface area contributed by atoms with Crippen LogP contribution in [0.15, 0.2) is 42.5 Å². The van der Waals surface area contributed by atoms with Crippen LogP contribution in [0.2, 0.25) is 5.02 Å². The predicted octanol–water partition coefficient (Wildman–Crippen LogP) is 4.81. The molecule has 128 valence electrons. The lowest BCUT2D eigenvalue weighted by Crippen LogP contribution is -2.20. The summed E-state index contributed by atoms with van der Waals surface area (Å²) in [5, 5.41) is 0.672. The van der Waals surface area contributed by atoms with E-state index in [-0.39, 0.29) is 12.1 Å². The minimum atomic E-state index is -0.294. The van der Waals surface area contributed by atoms with E-state index in [2.05, 4.69) is 4.90 Å². The molecule has 4 heteroatoms. The molecule has 2 aromatic rings. The molecule has 3 nitrogen and oxygen atoms in total. The van der Waals surface area contributed by atoms with Crippen LogP contribution in [0, 0.1) is 13.8 Å². The molecule has 0 aromatic heterocycles. The molecule has 2 rings (SSSR count). The molecule has 0 aliphatic heterocycles. The van der Waals surface area contributed by atoms with Gasteiger partial charge in [-0.1, -0.05) is 41.4 Å². The highest BCUT2D eigenvalue weighted by atomic mass is 35.5. The first-order chi connectivity index (χ1) is 11.4. The van der Waals surface area contributed by atoms with Crippen molar-refractivity contribution in [3.05, 3.63) is 69.7 Å². The molecule has 0 spiro atoms. The van der Waals surface area contributed by atoms with Crippen molar-refractivity contribution in [3.8, 4) is 0 Å². The molecule has 0 heterocycles. The van der Waals surface area contributed by atoms with Crippen molar-refractivity contribution >= 4 is 17.6 Å². The lowest BCUT2D eigenvalue weighted by Gasteiger charge is -2.21. The van der Waals surface area contributed by atoms with Crippen molar-refractivity contribution < 1.29 is 9.53 Å². The number of hydrogen-bond donors (Lipinski definition) is 0. The molecule has 0 bridgehead atoms. The smallest absolute Gasteiger partial charge is 0.339 e. The molecule has 0 amide bonds. The summed E-state index contributed by atoms with van der Waals surface area (Å²) in [5.74, 6) is -0.282. The van der Waals surface area contributed by atoms with Crippen molar-refractivity contribution in [3.63, 3.8) is 0 Å². The number of carbonyl (C=O) groups excluding carboxylic acids is 1. The molecule has 0 fully saturated rings. The third-order valence-electron chi connectivity index (χ3n) is 3.94. The molecule has 2 aromatic carbocycles. The van der Waals surface area contributed by atoms with Gasteiger partial charge in [0.2, 0.25) is 0 Å². The van der Waals surface area contributed by atoms with E-state index in [0.717, 1.165) is 29.7 Å². The molecule has 0 aliphatic rings. The van der Waals surface area contributed by atoms with Gasteiger partial charge < -0.3 is 9.64 Å². The number of hydrogen-bond acceptors (Lipinski definition) is 3. The minimum Gasteiger partial charge on any atom is -0.454 e. The maximum atomic E-state index is 12.7. The summed E-state index contributed by atoms with van der Waals surface area (Å²) in [5.41, 5.74) is 3.55. The third kappa shape index (κ3) is 5.08. The molecular formula is C20H24ClNO2. The lowest BCUT2D eigenvalue weighted by atomic mass is 10.0. The van der Waals surface area contributed by atoms with Gasteiger partial charge in [-0.25, -0.2) is 4.79 Å². The molecule has 0 N–H and O–H groups in total. The van der Waals surface area contributed by atoms with E-state index in [1.54, 1.807) is 0 Å². The topological polar surface area (TPSA) is 29.5 Å². The van der Waals surface area contributed by atoms with Gasteiger partial charge in [-0.2, -0.15) is 0 Å². The standard InChI is InChI=1S/C20H24ClNO2/c1-14-5-6-15(2)18(13-14)20(23)24-19(11-12-22(3)4)16-7-9-17(21)10-8-16/h5-10,13,19H,11-12H2,1-4H3. The van der Waals surface area contributed by atoms with Crippen LogP contribution in [0.5, 0.6) is 0 Å². The van der Waals surface area contributed by atoms with Crippen LogP contribution < -0.4 is 0 Å². The van der Waals surface area contributed by atoms with Gasteiger partial charge >= 0.3 is 5.97 Å². The Bertz CT molecular complexity index is 695. The molecule has 1 unspecified atom stereocenters. The third-order valence-corrected chi connectivity index (χ3v) is 4.19. The van der Waals surface area contributed by atoms with Crippen LogP contribution in [-0.2, 0) is 4.74 Å². The van der Waals surface area contributed by atoms with Crippen molar-refractivity contribution in [2.75, 3.05) is 20.6 Å². The zero-order chi connectivity index (χ0) is 17.7. The molecule has 0 saturated heterocycles. The van der Waals surface area contributed by atoms with E-state index in [0.29, 0.717) is 10.6 Å². The van der Waals surface area contributed by atoms with E-state index in [9.17, 15) is 4.79 Å². The monoisotopic (exact) mass is 345 g/mol. The fourth-order valence-corrected chi connectivity index (χ4v) is 2.62. The Hall–Kier alpha value is -1.84. The maximum absolute atomic E-state index is 12.7. The van der Waals surface area contributed by atoms with Crippen LogP contribution in [0.25, 0.3) is 0 Å². The number of aryl methyl sites for hydroxylation is 2. The van der Waals surface area contributed by atoms with E-state index in [4.69, 9.17) is 16.3 Å². The number of ether oxygens (including phenoxy) is 1. The predicted molar refractivity (Wildman–Crippen MR) is 98.7 cm³/mol. The van der Waals surface area contributed by atoms with Gasteiger partial charge in [0.05, 0.1) is 5.56 Å². The van der Waals surface area contributed by atoms with Crippen molar-refractivity contribution in [1.29, 1.82) is 0 Å². The number of esters is 1. The lowest BCUT2D eigenvalue weighted by molar-refractivity contribution is 0.0260. The van der Waals surface area contributed by atoms with Gasteiger partial charge in [-0.05, 0) is 57.3 Å². The Balaban J connectivity index is 2.22. The average Bonchev–Trinajstić information content (AvgIpc) is 2.54. The molecule has 1 atom stereocenters. The number of carbonyl (C=O) groups is 1. The molecule has 24 heavy (non-hydrogen) atoms. The van der Waals surface area contributed by atoms with E-state index >= 15 is 0 Å². The number of nitrogens with zero attached hydrogens (tertiary/aromatic N) is 1. The van der Waals surface area contributed by atoms with Crippen LogP contribution in [0.3, 0.4) is 0 Å². The van der Waals surface area contributed by atoms with E-state index in [1.807, 2.05) is 70.4 Å². The highest BCUT2D eigenvalue weighted by molar-refractivity contribution is 6.30. The van der Waals surface area contributed by atoms with Crippen molar-refractivity contribution in [1.82, 2.24) is 4.90 Å². The van der Waals surface area contributed by atoms with Crippen molar-refractivity contribution in [2.24, 2.45) is 0 Å². The van der Waals surface area contributed by atoms with Gasteiger partial charge in [0, 0.05) is 18.0 Å². The Kier molecular flexibility index (Phi) is 6.41. The Morgan fingerprint density at radius 1 is 1.12 bits per heavy atom. The average molecular weight is 346 g/mol.